The van der Waals surface area contributed by atoms with Crippen molar-refractivity contribution in [1.82, 2.24) is 15.5 Å². The van der Waals surface area contributed by atoms with E-state index < -0.39 is 26.7 Å². The van der Waals surface area contributed by atoms with Gasteiger partial charge in [0.05, 0.1) is 28.3 Å². The molecular formula is C31H39N3O5S. The third kappa shape index (κ3) is 6.16. The predicted octanol–water partition coefficient (Wildman–Crippen LogP) is 2.86. The highest BCUT2D eigenvalue weighted by molar-refractivity contribution is 7.93. The summed E-state index contributed by atoms with van der Waals surface area (Å²) >= 11 is 0. The number of aliphatic hydroxyl groups excluding tert-OH is 1. The number of likely N-dealkylation sites (tertiary alicyclic amines) is 1. The number of hydrogen-bond donors (Lipinski definition) is 3. The van der Waals surface area contributed by atoms with Crippen molar-refractivity contribution in [3.63, 3.8) is 0 Å². The molecule has 40 heavy (non-hydrogen) atoms. The number of carbonyl (C=O) groups excluding carboxylic acids is 2. The van der Waals surface area contributed by atoms with Crippen LogP contribution in [0.3, 0.4) is 0 Å². The molecule has 0 bridgehead atoms. The number of Topliss-reactive ketones (excluding diaryl/α,β-unsaturated/α-hetero) is 1. The number of carbonyl (C=O) groups is 2. The van der Waals surface area contributed by atoms with Gasteiger partial charge in [0.2, 0.25) is 5.91 Å². The molecule has 0 aromatic heterocycles. The highest BCUT2D eigenvalue weighted by Crippen LogP contribution is 2.56. The van der Waals surface area contributed by atoms with E-state index in [0.717, 1.165) is 23.1 Å². The Labute approximate surface area is 236 Å². The fourth-order valence-electron chi connectivity index (χ4n) is 5.87. The molecule has 5 rings (SSSR count). The predicted molar refractivity (Wildman–Crippen MR) is 153 cm³/mol. The van der Waals surface area contributed by atoms with Gasteiger partial charge in [-0.3, -0.25) is 9.59 Å². The lowest BCUT2D eigenvalue weighted by atomic mass is 9.96. The van der Waals surface area contributed by atoms with Crippen LogP contribution < -0.4 is 10.6 Å². The van der Waals surface area contributed by atoms with E-state index in [1.165, 1.54) is 6.08 Å². The van der Waals surface area contributed by atoms with Gasteiger partial charge in [0.15, 0.2) is 15.6 Å². The highest BCUT2D eigenvalue weighted by Gasteiger charge is 2.59. The lowest BCUT2D eigenvalue weighted by Crippen LogP contribution is -2.48. The fourth-order valence-corrected chi connectivity index (χ4v) is 8.12. The molecule has 1 saturated heterocycles. The first-order valence-corrected chi connectivity index (χ1v) is 15.8. The molecule has 3 aliphatic rings. The zero-order valence-electron chi connectivity index (χ0n) is 23.0. The average molecular weight is 566 g/mol. The van der Waals surface area contributed by atoms with Crippen LogP contribution >= 0.6 is 0 Å². The Balaban J connectivity index is 1.29. The van der Waals surface area contributed by atoms with Gasteiger partial charge >= 0.3 is 0 Å². The van der Waals surface area contributed by atoms with Crippen LogP contribution in [-0.2, 0) is 32.3 Å². The van der Waals surface area contributed by atoms with E-state index in [1.54, 1.807) is 12.3 Å². The molecule has 214 valence electrons. The molecule has 1 saturated carbocycles. The lowest BCUT2D eigenvalue weighted by Gasteiger charge is -2.34. The maximum atomic E-state index is 13.3. The number of aliphatic hydroxyl groups is 1. The van der Waals surface area contributed by atoms with E-state index in [4.69, 9.17) is 0 Å². The molecule has 2 aliphatic heterocycles. The van der Waals surface area contributed by atoms with Gasteiger partial charge in [0.25, 0.3) is 0 Å². The number of hydrogen-bond acceptors (Lipinski definition) is 7. The number of rotatable bonds is 11. The van der Waals surface area contributed by atoms with Crippen molar-refractivity contribution in [3.8, 4) is 0 Å². The van der Waals surface area contributed by atoms with E-state index in [1.807, 2.05) is 54.3 Å². The first kappa shape index (κ1) is 28.5. The van der Waals surface area contributed by atoms with Crippen LogP contribution in [0, 0.1) is 0 Å². The summed E-state index contributed by atoms with van der Waals surface area (Å²) in [6, 6.07) is 14.8. The summed E-state index contributed by atoms with van der Waals surface area (Å²) in [6.45, 7) is 3.17. The molecule has 3 atom stereocenters. The quantitative estimate of drug-likeness (QED) is 0.359. The van der Waals surface area contributed by atoms with Crippen LogP contribution in [0.2, 0.25) is 0 Å². The minimum absolute atomic E-state index is 0.156. The molecule has 1 amide bonds. The van der Waals surface area contributed by atoms with E-state index in [2.05, 4.69) is 10.6 Å². The van der Waals surface area contributed by atoms with Gasteiger partial charge < -0.3 is 20.6 Å². The smallest absolute Gasteiger partial charge is 0.245 e. The molecular weight excluding hydrogens is 526 g/mol. The Morgan fingerprint density at radius 1 is 1.18 bits per heavy atom. The lowest BCUT2D eigenvalue weighted by molar-refractivity contribution is -0.118. The first-order chi connectivity index (χ1) is 19.2. The van der Waals surface area contributed by atoms with Crippen LogP contribution in [0.25, 0.3) is 0 Å². The summed E-state index contributed by atoms with van der Waals surface area (Å²) in [5.74, 6) is -0.168. The number of fused-ring (bicyclic) bond motifs is 1. The van der Waals surface area contributed by atoms with Crippen molar-refractivity contribution >= 4 is 21.5 Å². The largest absolute Gasteiger partial charge is 0.390 e. The second-order valence-electron chi connectivity index (χ2n) is 11.4. The first-order valence-electron chi connectivity index (χ1n) is 14.3. The fraction of sp³-hybridized carbons (Fsp3) is 0.484. The van der Waals surface area contributed by atoms with Crippen LogP contribution in [0.4, 0.5) is 0 Å². The second kappa shape index (κ2) is 11.8. The Bertz CT molecular complexity index is 1370. The topological polar surface area (TPSA) is 116 Å². The third-order valence-corrected chi connectivity index (χ3v) is 11.2. The van der Waals surface area contributed by atoms with Gasteiger partial charge in [-0.25, -0.2) is 8.42 Å². The summed E-state index contributed by atoms with van der Waals surface area (Å²) in [5.41, 5.74) is 2.96. The van der Waals surface area contributed by atoms with Gasteiger partial charge in [-0.1, -0.05) is 49.4 Å². The molecule has 2 aromatic carbocycles. The normalized spacial score (nSPS) is 22.3. The Kier molecular flexibility index (Phi) is 8.44. The molecule has 2 aromatic rings. The molecule has 1 aliphatic carbocycles. The van der Waals surface area contributed by atoms with Crippen molar-refractivity contribution in [2.45, 2.75) is 79.7 Å². The van der Waals surface area contributed by atoms with Gasteiger partial charge in [0.1, 0.15) is 0 Å². The molecule has 0 radical (unpaired) electrons. The maximum Gasteiger partial charge on any atom is 0.245 e. The Morgan fingerprint density at radius 3 is 2.62 bits per heavy atom. The average Bonchev–Trinajstić information content (AvgIpc) is 3.63. The van der Waals surface area contributed by atoms with Crippen LogP contribution in [0.5, 0.6) is 0 Å². The Morgan fingerprint density at radius 2 is 1.95 bits per heavy atom. The van der Waals surface area contributed by atoms with Gasteiger partial charge in [0, 0.05) is 37.8 Å². The summed E-state index contributed by atoms with van der Waals surface area (Å²) < 4.78 is 26.0. The number of amides is 1. The van der Waals surface area contributed by atoms with Crippen LogP contribution in [0.1, 0.15) is 61.8 Å². The standard InChI is InChI=1S/C31H39N3O5S/c1-2-22-9-11-29-25(18-22)27(19-31(14-15-31)40(29,38)39)32-20-28(36)26(10-8-23-6-4-3-5-7-23)33-30(37)13-17-34-16-12-24(35)21-34/h3-7,9,11,13,17-18,26-28,32,36H,2,8,10,12,14-16,19-21H2,1H3,(H,33,37)/b17-13+/t26-,27+,28+/m0/s1. The van der Waals surface area contributed by atoms with E-state index in [-0.39, 0.29) is 24.3 Å². The minimum Gasteiger partial charge on any atom is -0.390 e. The maximum absolute atomic E-state index is 13.3. The summed E-state index contributed by atoms with van der Waals surface area (Å²) in [4.78, 5) is 26.5. The second-order valence-corrected chi connectivity index (χ2v) is 13.7. The highest BCUT2D eigenvalue weighted by atomic mass is 32.2. The third-order valence-electron chi connectivity index (χ3n) is 8.55. The summed E-state index contributed by atoms with van der Waals surface area (Å²) in [7, 11) is -3.39. The molecule has 2 fully saturated rings. The van der Waals surface area contributed by atoms with Crippen molar-refractivity contribution < 1.29 is 23.1 Å². The molecule has 9 heteroatoms. The number of ketones is 1. The molecule has 3 N–H and O–H groups in total. The number of sulfone groups is 1. The number of aryl methyl sites for hydroxylation is 2. The molecule has 2 heterocycles. The van der Waals surface area contributed by atoms with Crippen molar-refractivity contribution in [1.29, 1.82) is 0 Å². The molecule has 0 unspecified atom stereocenters. The Hall–Kier alpha value is -3.01. The minimum atomic E-state index is -3.39. The summed E-state index contributed by atoms with van der Waals surface area (Å²) in [5, 5.41) is 17.7. The van der Waals surface area contributed by atoms with Crippen molar-refractivity contribution in [2.24, 2.45) is 0 Å². The molecule has 8 nitrogen and oxygen atoms in total. The van der Waals surface area contributed by atoms with Gasteiger partial charge in [-0.2, -0.15) is 0 Å². The van der Waals surface area contributed by atoms with Gasteiger partial charge in [-0.15, -0.1) is 0 Å². The van der Waals surface area contributed by atoms with E-state index >= 15 is 0 Å². The number of nitrogens with one attached hydrogen (secondary N) is 2. The number of benzene rings is 2. The van der Waals surface area contributed by atoms with E-state index in [0.29, 0.717) is 56.5 Å². The van der Waals surface area contributed by atoms with Crippen molar-refractivity contribution in [3.05, 3.63) is 77.5 Å². The summed E-state index contributed by atoms with van der Waals surface area (Å²) in [6.07, 6.45) is 6.49. The zero-order chi connectivity index (χ0) is 28.3. The SMILES string of the molecule is CCc1ccc2c(c1)[C@H](NC[C@@H](O)[C@H](CCc1ccccc1)NC(=O)/C=C/N1CCC(=O)C1)CC1(CC1)S2(=O)=O. The van der Waals surface area contributed by atoms with Gasteiger partial charge in [-0.05, 0) is 61.3 Å². The monoisotopic (exact) mass is 565 g/mol. The van der Waals surface area contributed by atoms with Crippen molar-refractivity contribution in [2.75, 3.05) is 19.6 Å². The zero-order valence-corrected chi connectivity index (χ0v) is 23.8. The van der Waals surface area contributed by atoms with Crippen LogP contribution in [0.15, 0.2) is 65.7 Å². The van der Waals surface area contributed by atoms with E-state index in [9.17, 15) is 23.1 Å². The van der Waals surface area contributed by atoms with Crippen LogP contribution in [-0.4, -0.2) is 66.6 Å². The number of nitrogens with zero attached hydrogens (tertiary/aromatic N) is 1. The molecule has 1 spiro atoms.